The molecule has 19 heavy (non-hydrogen) atoms. The first-order valence-corrected chi connectivity index (χ1v) is 6.52. The van der Waals surface area contributed by atoms with Crippen molar-refractivity contribution in [3.05, 3.63) is 29.8 Å². The molecule has 0 radical (unpaired) electrons. The van der Waals surface area contributed by atoms with Crippen LogP contribution in [0.15, 0.2) is 24.3 Å². The minimum atomic E-state index is -0.383. The van der Waals surface area contributed by atoms with Crippen molar-refractivity contribution < 1.29 is 9.90 Å². The third-order valence-electron chi connectivity index (χ3n) is 3.13. The summed E-state index contributed by atoms with van der Waals surface area (Å²) in [5, 5.41) is 12.3. The standard InChI is InChI=1S/C14H21N3O2/c1-16(2)9-11-4-3-5-12(8-11)15-14(19)17-7-6-13(18)10-17/h3-5,8,13,18H,6-7,9-10H2,1-2H3,(H,15,19)/t13-/m0/s1. The summed E-state index contributed by atoms with van der Waals surface area (Å²) in [6.07, 6.45) is 0.277. The van der Waals surface area contributed by atoms with E-state index in [1.54, 1.807) is 4.90 Å². The first kappa shape index (κ1) is 13.8. The van der Waals surface area contributed by atoms with Crippen LogP contribution in [0.5, 0.6) is 0 Å². The topological polar surface area (TPSA) is 55.8 Å². The molecule has 1 heterocycles. The number of anilines is 1. The number of nitrogens with one attached hydrogen (secondary N) is 1. The van der Waals surface area contributed by atoms with Crippen molar-refractivity contribution in [3.8, 4) is 0 Å². The molecule has 0 saturated carbocycles. The molecule has 1 aliphatic heterocycles. The van der Waals surface area contributed by atoms with Crippen molar-refractivity contribution in [2.75, 3.05) is 32.5 Å². The summed E-state index contributed by atoms with van der Waals surface area (Å²) in [5.41, 5.74) is 1.95. The molecule has 0 aliphatic carbocycles. The minimum Gasteiger partial charge on any atom is -0.391 e. The minimum absolute atomic E-state index is 0.140. The third kappa shape index (κ3) is 3.94. The van der Waals surface area contributed by atoms with E-state index in [1.807, 2.05) is 38.4 Å². The van der Waals surface area contributed by atoms with Crippen LogP contribution in [0.2, 0.25) is 0 Å². The number of aliphatic hydroxyl groups is 1. The maximum Gasteiger partial charge on any atom is 0.321 e. The van der Waals surface area contributed by atoms with Crippen LogP contribution in [-0.4, -0.2) is 54.2 Å². The second-order valence-electron chi connectivity index (χ2n) is 5.26. The van der Waals surface area contributed by atoms with E-state index in [9.17, 15) is 9.90 Å². The summed E-state index contributed by atoms with van der Waals surface area (Å²) in [6, 6.07) is 7.69. The number of β-amino-alcohol motifs (C(OH)–C–C–N with tert-alkyl or cyclic N) is 1. The zero-order chi connectivity index (χ0) is 13.8. The Morgan fingerprint density at radius 2 is 2.32 bits per heavy atom. The van der Waals surface area contributed by atoms with Crippen molar-refractivity contribution in [2.45, 2.75) is 19.1 Å². The lowest BCUT2D eigenvalue weighted by atomic mass is 10.2. The van der Waals surface area contributed by atoms with Gasteiger partial charge in [0, 0.05) is 25.3 Å². The Morgan fingerprint density at radius 1 is 1.53 bits per heavy atom. The number of carbonyl (C=O) groups is 1. The van der Waals surface area contributed by atoms with Crippen LogP contribution >= 0.6 is 0 Å². The highest BCUT2D eigenvalue weighted by molar-refractivity contribution is 5.89. The average Bonchev–Trinajstić information content (AvgIpc) is 2.75. The van der Waals surface area contributed by atoms with E-state index in [0.717, 1.165) is 17.8 Å². The SMILES string of the molecule is CN(C)Cc1cccc(NC(=O)N2CC[C@H](O)C2)c1. The molecule has 2 N–H and O–H groups in total. The molecule has 1 aliphatic rings. The molecule has 5 nitrogen and oxygen atoms in total. The van der Waals surface area contributed by atoms with Crippen molar-refractivity contribution in [2.24, 2.45) is 0 Å². The molecule has 2 rings (SSSR count). The van der Waals surface area contributed by atoms with Gasteiger partial charge < -0.3 is 20.2 Å². The van der Waals surface area contributed by atoms with Crippen LogP contribution in [0.4, 0.5) is 10.5 Å². The lowest BCUT2D eigenvalue weighted by molar-refractivity contribution is 0.176. The number of aliphatic hydroxyl groups excluding tert-OH is 1. The molecule has 2 amide bonds. The fourth-order valence-corrected chi connectivity index (χ4v) is 2.24. The van der Waals surface area contributed by atoms with Crippen LogP contribution in [0.1, 0.15) is 12.0 Å². The van der Waals surface area contributed by atoms with Gasteiger partial charge >= 0.3 is 6.03 Å². The van der Waals surface area contributed by atoms with Gasteiger partial charge in [-0.05, 0) is 38.2 Å². The average molecular weight is 263 g/mol. The largest absolute Gasteiger partial charge is 0.391 e. The Bertz CT molecular complexity index is 448. The molecule has 1 atom stereocenters. The number of benzene rings is 1. The van der Waals surface area contributed by atoms with E-state index in [0.29, 0.717) is 19.5 Å². The zero-order valence-electron chi connectivity index (χ0n) is 11.5. The Kier molecular flexibility index (Phi) is 4.39. The monoisotopic (exact) mass is 263 g/mol. The van der Waals surface area contributed by atoms with Crippen LogP contribution in [-0.2, 0) is 6.54 Å². The second-order valence-corrected chi connectivity index (χ2v) is 5.26. The smallest absolute Gasteiger partial charge is 0.321 e. The lowest BCUT2D eigenvalue weighted by Gasteiger charge is -2.17. The van der Waals surface area contributed by atoms with Crippen LogP contribution in [0.25, 0.3) is 0 Å². The molecule has 0 aromatic heterocycles. The highest BCUT2D eigenvalue weighted by atomic mass is 16.3. The second kappa shape index (κ2) is 6.04. The van der Waals surface area contributed by atoms with E-state index >= 15 is 0 Å². The van der Waals surface area contributed by atoms with Gasteiger partial charge in [-0.25, -0.2) is 4.79 Å². The Morgan fingerprint density at radius 3 is 2.95 bits per heavy atom. The van der Waals surface area contributed by atoms with Crippen molar-refractivity contribution >= 4 is 11.7 Å². The number of urea groups is 1. The van der Waals surface area contributed by atoms with Crippen molar-refractivity contribution in [1.29, 1.82) is 0 Å². The lowest BCUT2D eigenvalue weighted by Crippen LogP contribution is -2.33. The molecular formula is C14H21N3O2. The maximum atomic E-state index is 12.0. The number of hydrogen-bond donors (Lipinski definition) is 2. The summed E-state index contributed by atoms with van der Waals surface area (Å²) in [6.45, 7) is 1.87. The first-order chi connectivity index (χ1) is 9.04. The summed E-state index contributed by atoms with van der Waals surface area (Å²) >= 11 is 0. The molecular weight excluding hydrogens is 242 g/mol. The number of nitrogens with zero attached hydrogens (tertiary/aromatic N) is 2. The van der Waals surface area contributed by atoms with Gasteiger partial charge in [-0.2, -0.15) is 0 Å². The molecule has 5 heteroatoms. The predicted octanol–water partition coefficient (Wildman–Crippen LogP) is 1.35. The van der Waals surface area contributed by atoms with Gasteiger partial charge in [0.1, 0.15) is 0 Å². The zero-order valence-corrected chi connectivity index (χ0v) is 11.5. The summed E-state index contributed by atoms with van der Waals surface area (Å²) < 4.78 is 0. The Balaban J connectivity index is 1.96. The maximum absolute atomic E-state index is 12.0. The van der Waals surface area contributed by atoms with Gasteiger partial charge in [-0.1, -0.05) is 12.1 Å². The van der Waals surface area contributed by atoms with Crippen LogP contribution in [0, 0.1) is 0 Å². The van der Waals surface area contributed by atoms with E-state index < -0.39 is 0 Å². The summed E-state index contributed by atoms with van der Waals surface area (Å²) in [7, 11) is 4.02. The molecule has 104 valence electrons. The third-order valence-corrected chi connectivity index (χ3v) is 3.13. The van der Waals surface area contributed by atoms with Gasteiger partial charge in [0.25, 0.3) is 0 Å². The fourth-order valence-electron chi connectivity index (χ4n) is 2.24. The van der Waals surface area contributed by atoms with Crippen LogP contribution < -0.4 is 5.32 Å². The van der Waals surface area contributed by atoms with Crippen molar-refractivity contribution in [1.82, 2.24) is 9.80 Å². The number of hydrogen-bond acceptors (Lipinski definition) is 3. The number of likely N-dealkylation sites (tertiary alicyclic amines) is 1. The van der Waals surface area contributed by atoms with Gasteiger partial charge in [0.05, 0.1) is 6.10 Å². The van der Waals surface area contributed by atoms with Crippen LogP contribution in [0.3, 0.4) is 0 Å². The number of rotatable bonds is 3. The number of carbonyl (C=O) groups excluding carboxylic acids is 1. The predicted molar refractivity (Wildman–Crippen MR) is 75.0 cm³/mol. The van der Waals surface area contributed by atoms with Gasteiger partial charge in [-0.3, -0.25) is 0 Å². The number of amides is 2. The highest BCUT2D eigenvalue weighted by Gasteiger charge is 2.24. The molecule has 1 aromatic carbocycles. The van der Waals surface area contributed by atoms with E-state index in [-0.39, 0.29) is 12.1 Å². The molecule has 0 spiro atoms. The quantitative estimate of drug-likeness (QED) is 0.865. The molecule has 1 fully saturated rings. The highest BCUT2D eigenvalue weighted by Crippen LogP contribution is 2.15. The summed E-state index contributed by atoms with van der Waals surface area (Å²) in [4.78, 5) is 15.7. The summed E-state index contributed by atoms with van der Waals surface area (Å²) in [5.74, 6) is 0. The normalized spacial score (nSPS) is 18.9. The van der Waals surface area contributed by atoms with E-state index in [4.69, 9.17) is 0 Å². The molecule has 1 saturated heterocycles. The van der Waals surface area contributed by atoms with Crippen molar-refractivity contribution in [3.63, 3.8) is 0 Å². The van der Waals surface area contributed by atoms with Gasteiger partial charge in [0.2, 0.25) is 0 Å². The molecule has 0 bridgehead atoms. The Labute approximate surface area is 113 Å². The fraction of sp³-hybridized carbons (Fsp3) is 0.500. The van der Waals surface area contributed by atoms with Gasteiger partial charge in [-0.15, -0.1) is 0 Å². The molecule has 1 aromatic rings. The molecule has 0 unspecified atom stereocenters. The van der Waals surface area contributed by atoms with E-state index in [1.165, 1.54) is 0 Å². The Hall–Kier alpha value is -1.59. The van der Waals surface area contributed by atoms with E-state index in [2.05, 4.69) is 10.2 Å². The first-order valence-electron chi connectivity index (χ1n) is 6.52. The van der Waals surface area contributed by atoms with Gasteiger partial charge in [0.15, 0.2) is 0 Å².